The molecule has 0 N–H and O–H groups in total. The minimum atomic E-state index is -5.23. The van der Waals surface area contributed by atoms with Crippen molar-refractivity contribution in [3.63, 3.8) is 0 Å². The van der Waals surface area contributed by atoms with Gasteiger partial charge in [0.1, 0.15) is 5.56 Å². The van der Waals surface area contributed by atoms with E-state index in [1.165, 1.54) is 6.92 Å². The molecule has 0 bridgehead atoms. The van der Waals surface area contributed by atoms with Crippen molar-refractivity contribution in [3.8, 4) is 11.6 Å². The normalized spacial score (nSPS) is 11.4. The van der Waals surface area contributed by atoms with Gasteiger partial charge in [-0.25, -0.2) is 18.6 Å². The first-order chi connectivity index (χ1) is 9.71. The number of nitrogens with zero attached hydrogens (tertiary/aromatic N) is 1. The van der Waals surface area contributed by atoms with E-state index in [1.54, 1.807) is 0 Å². The molecule has 0 saturated heterocycles. The zero-order valence-corrected chi connectivity index (χ0v) is 10.8. The monoisotopic (exact) mass is 315 g/mol. The van der Waals surface area contributed by atoms with Crippen LogP contribution in [0.25, 0.3) is 0 Å². The molecule has 21 heavy (non-hydrogen) atoms. The molecule has 118 valence electrons. The third-order valence-corrected chi connectivity index (χ3v) is 2.16. The fourth-order valence-corrected chi connectivity index (χ4v) is 1.42. The number of hydrogen-bond donors (Lipinski definition) is 0. The molecule has 0 aliphatic carbocycles. The van der Waals surface area contributed by atoms with Crippen LogP contribution in [0.1, 0.15) is 29.3 Å². The van der Waals surface area contributed by atoms with Gasteiger partial charge in [-0.3, -0.25) is 0 Å². The predicted octanol–water partition coefficient (Wildman–Crippen LogP) is 3.10. The summed E-state index contributed by atoms with van der Waals surface area (Å²) in [7, 11) is 0.947. The molecule has 1 heterocycles. The maximum absolute atomic E-state index is 12.9. The largest absolute Gasteiger partial charge is 0.573 e. The SMILES string of the molecule is CCOC(=O)c1c(C(F)F)cnc(OC)c1OC(F)(F)F. The molecule has 0 radical (unpaired) electrons. The van der Waals surface area contributed by atoms with Gasteiger partial charge < -0.3 is 14.2 Å². The first-order valence-corrected chi connectivity index (χ1v) is 5.49. The number of halogens is 5. The number of alkyl halides is 5. The zero-order chi connectivity index (χ0) is 16.2. The molecule has 0 amide bonds. The summed E-state index contributed by atoms with van der Waals surface area (Å²) < 4.78 is 75.4. The highest BCUT2D eigenvalue weighted by Crippen LogP contribution is 2.39. The lowest BCUT2D eigenvalue weighted by atomic mass is 10.1. The Balaban J connectivity index is 3.52. The Hall–Kier alpha value is -2.13. The number of esters is 1. The van der Waals surface area contributed by atoms with Gasteiger partial charge in [0, 0.05) is 6.20 Å². The number of ether oxygens (including phenoxy) is 3. The van der Waals surface area contributed by atoms with E-state index < -0.39 is 41.5 Å². The lowest BCUT2D eigenvalue weighted by molar-refractivity contribution is -0.275. The van der Waals surface area contributed by atoms with Crippen molar-refractivity contribution in [1.29, 1.82) is 0 Å². The van der Waals surface area contributed by atoms with Crippen LogP contribution in [0.3, 0.4) is 0 Å². The fourth-order valence-electron chi connectivity index (χ4n) is 1.42. The van der Waals surface area contributed by atoms with Crippen LogP contribution in [0, 0.1) is 0 Å². The fraction of sp³-hybridized carbons (Fsp3) is 0.455. The van der Waals surface area contributed by atoms with E-state index in [-0.39, 0.29) is 6.61 Å². The van der Waals surface area contributed by atoms with Gasteiger partial charge in [0.15, 0.2) is 0 Å². The number of hydrogen-bond acceptors (Lipinski definition) is 5. The predicted molar refractivity (Wildman–Crippen MR) is 58.4 cm³/mol. The van der Waals surface area contributed by atoms with E-state index in [0.29, 0.717) is 6.20 Å². The second-order valence-electron chi connectivity index (χ2n) is 3.50. The molecule has 0 fully saturated rings. The van der Waals surface area contributed by atoms with Crippen molar-refractivity contribution in [2.75, 3.05) is 13.7 Å². The lowest BCUT2D eigenvalue weighted by Crippen LogP contribution is -2.21. The van der Waals surface area contributed by atoms with Gasteiger partial charge >= 0.3 is 12.3 Å². The number of methoxy groups -OCH3 is 1. The van der Waals surface area contributed by atoms with E-state index in [2.05, 4.69) is 19.2 Å². The van der Waals surface area contributed by atoms with Gasteiger partial charge in [0.25, 0.3) is 12.3 Å². The third-order valence-electron chi connectivity index (χ3n) is 2.16. The maximum atomic E-state index is 12.9. The van der Waals surface area contributed by atoms with Crippen LogP contribution in [0.5, 0.6) is 11.6 Å². The van der Waals surface area contributed by atoms with E-state index in [9.17, 15) is 26.7 Å². The molecule has 5 nitrogen and oxygen atoms in total. The van der Waals surface area contributed by atoms with E-state index in [4.69, 9.17) is 0 Å². The Morgan fingerprint density at radius 2 is 2.00 bits per heavy atom. The average Bonchev–Trinajstić information content (AvgIpc) is 2.36. The van der Waals surface area contributed by atoms with E-state index in [1.807, 2.05) is 0 Å². The second kappa shape index (κ2) is 6.55. The molecule has 0 aromatic carbocycles. The minimum absolute atomic E-state index is 0.225. The Morgan fingerprint density at radius 1 is 1.38 bits per heavy atom. The van der Waals surface area contributed by atoms with Crippen LogP contribution < -0.4 is 9.47 Å². The van der Waals surface area contributed by atoms with Crippen LogP contribution in [0.15, 0.2) is 6.20 Å². The Kier molecular flexibility index (Phi) is 5.28. The van der Waals surface area contributed by atoms with Crippen LogP contribution in [-0.2, 0) is 4.74 Å². The van der Waals surface area contributed by atoms with E-state index >= 15 is 0 Å². The molecular weight excluding hydrogens is 305 g/mol. The maximum Gasteiger partial charge on any atom is 0.573 e. The molecule has 10 heteroatoms. The Morgan fingerprint density at radius 3 is 2.43 bits per heavy atom. The number of pyridine rings is 1. The molecule has 0 aliphatic rings. The molecule has 0 saturated carbocycles. The summed E-state index contributed by atoms with van der Waals surface area (Å²) in [6.07, 6.45) is -7.95. The van der Waals surface area contributed by atoms with E-state index in [0.717, 1.165) is 7.11 Å². The average molecular weight is 315 g/mol. The zero-order valence-electron chi connectivity index (χ0n) is 10.8. The number of aromatic nitrogens is 1. The van der Waals surface area contributed by atoms with Crippen LogP contribution in [0.2, 0.25) is 0 Å². The molecule has 0 atom stereocenters. The molecule has 0 unspecified atom stereocenters. The quantitative estimate of drug-likeness (QED) is 0.617. The smallest absolute Gasteiger partial charge is 0.478 e. The summed E-state index contributed by atoms with van der Waals surface area (Å²) in [5.41, 5.74) is -2.12. The standard InChI is InChI=1S/C11H10F5NO4/c1-3-20-10(18)6-5(8(12)13)4-17-9(19-2)7(6)21-11(14,15)16/h4,8H,3H2,1-2H3. The minimum Gasteiger partial charge on any atom is -0.478 e. The highest BCUT2D eigenvalue weighted by molar-refractivity contribution is 5.95. The molecule has 1 rings (SSSR count). The Bertz CT molecular complexity index is 518. The molecule has 1 aromatic heterocycles. The molecule has 0 spiro atoms. The lowest BCUT2D eigenvalue weighted by Gasteiger charge is -2.17. The first-order valence-electron chi connectivity index (χ1n) is 5.49. The highest BCUT2D eigenvalue weighted by Gasteiger charge is 2.38. The molecular formula is C11H10F5NO4. The summed E-state index contributed by atoms with van der Waals surface area (Å²) in [5.74, 6) is -3.42. The number of rotatable bonds is 5. The second-order valence-corrected chi connectivity index (χ2v) is 3.50. The van der Waals surface area contributed by atoms with Gasteiger partial charge in [0.2, 0.25) is 5.75 Å². The molecule has 0 aliphatic heterocycles. The number of carbonyl (C=O) groups is 1. The third kappa shape index (κ3) is 4.17. The van der Waals surface area contributed by atoms with Gasteiger partial charge in [0.05, 0.1) is 19.3 Å². The van der Waals surface area contributed by atoms with Gasteiger partial charge in [-0.2, -0.15) is 0 Å². The van der Waals surface area contributed by atoms with Crippen molar-refractivity contribution in [2.45, 2.75) is 19.7 Å². The number of carbonyl (C=O) groups excluding carboxylic acids is 1. The van der Waals surface area contributed by atoms with Gasteiger partial charge in [-0.1, -0.05) is 0 Å². The molecule has 1 aromatic rings. The van der Waals surface area contributed by atoms with Crippen LogP contribution >= 0.6 is 0 Å². The summed E-state index contributed by atoms with van der Waals surface area (Å²) >= 11 is 0. The van der Waals surface area contributed by atoms with Crippen LogP contribution in [-0.4, -0.2) is 31.0 Å². The van der Waals surface area contributed by atoms with Gasteiger partial charge in [-0.05, 0) is 6.92 Å². The summed E-state index contributed by atoms with van der Waals surface area (Å²) in [4.78, 5) is 14.9. The van der Waals surface area contributed by atoms with Crippen LogP contribution in [0.4, 0.5) is 22.0 Å². The topological polar surface area (TPSA) is 57.7 Å². The summed E-state index contributed by atoms with van der Waals surface area (Å²) in [6, 6.07) is 0. The van der Waals surface area contributed by atoms with Crippen molar-refractivity contribution in [1.82, 2.24) is 4.98 Å². The van der Waals surface area contributed by atoms with Crippen molar-refractivity contribution < 1.29 is 41.0 Å². The van der Waals surface area contributed by atoms with Gasteiger partial charge in [-0.15, -0.1) is 13.2 Å². The van der Waals surface area contributed by atoms with Crippen molar-refractivity contribution in [3.05, 3.63) is 17.3 Å². The highest BCUT2D eigenvalue weighted by atomic mass is 19.4. The first kappa shape index (κ1) is 16.9. The Labute approximate surface area is 115 Å². The van der Waals surface area contributed by atoms with Crippen molar-refractivity contribution >= 4 is 5.97 Å². The summed E-state index contributed by atoms with van der Waals surface area (Å²) in [6.45, 7) is 1.14. The van der Waals surface area contributed by atoms with Crippen molar-refractivity contribution in [2.24, 2.45) is 0 Å². The summed E-state index contributed by atoms with van der Waals surface area (Å²) in [5, 5.41) is 0.